The lowest BCUT2D eigenvalue weighted by atomic mass is 9.91. The zero-order chi connectivity index (χ0) is 16.6. The van der Waals surface area contributed by atoms with Crippen LogP contribution in [0.5, 0.6) is 5.75 Å². The summed E-state index contributed by atoms with van der Waals surface area (Å²) < 4.78 is 5.83. The van der Waals surface area contributed by atoms with Gasteiger partial charge in [0.15, 0.2) is 11.6 Å². The van der Waals surface area contributed by atoms with Crippen LogP contribution in [-0.4, -0.2) is 16.9 Å². The van der Waals surface area contributed by atoms with Gasteiger partial charge in [0.2, 0.25) is 0 Å². The Morgan fingerprint density at radius 2 is 1.91 bits per heavy atom. The van der Waals surface area contributed by atoms with Crippen molar-refractivity contribution in [3.05, 3.63) is 52.6 Å². The summed E-state index contributed by atoms with van der Waals surface area (Å²) in [6.07, 6.45) is 0.480. The van der Waals surface area contributed by atoms with E-state index in [0.29, 0.717) is 23.9 Å². The molecule has 4 heteroatoms. The van der Waals surface area contributed by atoms with E-state index in [9.17, 15) is 9.59 Å². The second kappa shape index (κ2) is 6.28. The van der Waals surface area contributed by atoms with Gasteiger partial charge in [0, 0.05) is 23.1 Å². The summed E-state index contributed by atoms with van der Waals surface area (Å²) in [7, 11) is 0. The Morgan fingerprint density at radius 3 is 2.61 bits per heavy atom. The van der Waals surface area contributed by atoms with Crippen molar-refractivity contribution in [1.82, 2.24) is 0 Å². The molecule has 3 rings (SSSR count). The van der Waals surface area contributed by atoms with E-state index in [4.69, 9.17) is 4.74 Å². The van der Waals surface area contributed by atoms with Gasteiger partial charge in [-0.15, -0.1) is 0 Å². The number of aryl methyl sites for hydroxylation is 1. The van der Waals surface area contributed by atoms with Gasteiger partial charge < -0.3 is 4.74 Å². The largest absolute Gasteiger partial charge is 0.488 e. The van der Waals surface area contributed by atoms with E-state index in [-0.39, 0.29) is 11.6 Å². The first kappa shape index (κ1) is 15.9. The summed E-state index contributed by atoms with van der Waals surface area (Å²) in [5.74, 6) is 0.913. The number of fused-ring (bicyclic) bond motifs is 3. The number of halogens is 1. The Labute approximate surface area is 143 Å². The van der Waals surface area contributed by atoms with Crippen LogP contribution >= 0.6 is 15.9 Å². The summed E-state index contributed by atoms with van der Waals surface area (Å²) in [6, 6.07) is 9.55. The molecule has 23 heavy (non-hydrogen) atoms. The van der Waals surface area contributed by atoms with Gasteiger partial charge in [-0.25, -0.2) is 0 Å². The molecule has 0 unspecified atom stereocenters. The molecule has 2 aromatic rings. The van der Waals surface area contributed by atoms with Crippen molar-refractivity contribution in [3.8, 4) is 16.9 Å². The molecule has 2 aromatic carbocycles. The Morgan fingerprint density at radius 1 is 1.13 bits per heavy atom. The van der Waals surface area contributed by atoms with Crippen molar-refractivity contribution < 1.29 is 14.3 Å². The summed E-state index contributed by atoms with van der Waals surface area (Å²) in [6.45, 7) is 4.22. The highest BCUT2D eigenvalue weighted by Crippen LogP contribution is 2.39. The quantitative estimate of drug-likeness (QED) is 0.575. The number of carbonyl (C=O) groups excluding carboxylic acids is 2. The second-order valence-electron chi connectivity index (χ2n) is 5.66. The van der Waals surface area contributed by atoms with Gasteiger partial charge in [-0.2, -0.15) is 0 Å². The van der Waals surface area contributed by atoms with Gasteiger partial charge in [-0.1, -0.05) is 35.0 Å². The fraction of sp³-hybridized carbons (Fsp3) is 0.263. The first-order valence-corrected chi connectivity index (χ1v) is 8.70. The number of rotatable bonds is 4. The molecule has 0 saturated carbocycles. The minimum Gasteiger partial charge on any atom is -0.488 e. The zero-order valence-electron chi connectivity index (χ0n) is 13.1. The minimum absolute atomic E-state index is 0.0543. The normalized spacial score (nSPS) is 12.1. The van der Waals surface area contributed by atoms with Crippen LogP contribution in [0.25, 0.3) is 11.1 Å². The molecule has 0 saturated heterocycles. The SMILES string of the molecule is CCC(=O)c1cc2c(cc1C)-c1ccc(C(=O)CBr)cc1CO2. The third-order valence-electron chi connectivity index (χ3n) is 4.17. The molecule has 0 atom stereocenters. The number of alkyl halides is 1. The highest BCUT2D eigenvalue weighted by Gasteiger charge is 2.21. The van der Waals surface area contributed by atoms with Crippen LogP contribution in [-0.2, 0) is 6.61 Å². The molecule has 0 amide bonds. The van der Waals surface area contributed by atoms with Crippen molar-refractivity contribution in [1.29, 1.82) is 0 Å². The van der Waals surface area contributed by atoms with Gasteiger partial charge in [0.05, 0.1) is 5.33 Å². The van der Waals surface area contributed by atoms with E-state index in [1.165, 1.54) is 0 Å². The van der Waals surface area contributed by atoms with Gasteiger partial charge in [0.25, 0.3) is 0 Å². The topological polar surface area (TPSA) is 43.4 Å². The molecule has 118 valence electrons. The zero-order valence-corrected chi connectivity index (χ0v) is 14.7. The number of hydrogen-bond acceptors (Lipinski definition) is 3. The third-order valence-corrected chi connectivity index (χ3v) is 4.68. The molecule has 3 nitrogen and oxygen atoms in total. The molecule has 0 aromatic heterocycles. The van der Waals surface area contributed by atoms with Crippen molar-refractivity contribution >= 4 is 27.5 Å². The van der Waals surface area contributed by atoms with Crippen LogP contribution in [0.4, 0.5) is 0 Å². The molecule has 0 spiro atoms. The highest BCUT2D eigenvalue weighted by atomic mass is 79.9. The van der Waals surface area contributed by atoms with Crippen molar-refractivity contribution in [3.63, 3.8) is 0 Å². The Hall–Kier alpha value is -1.94. The molecule has 0 radical (unpaired) electrons. The Bertz CT molecular complexity index is 809. The first-order valence-electron chi connectivity index (χ1n) is 7.58. The van der Waals surface area contributed by atoms with Crippen molar-refractivity contribution in [2.45, 2.75) is 26.9 Å². The van der Waals surface area contributed by atoms with Crippen LogP contribution in [0.2, 0.25) is 0 Å². The van der Waals surface area contributed by atoms with Gasteiger partial charge in [-0.05, 0) is 41.8 Å². The second-order valence-corrected chi connectivity index (χ2v) is 6.22. The van der Waals surface area contributed by atoms with Gasteiger partial charge in [0.1, 0.15) is 12.4 Å². The minimum atomic E-state index is 0.0543. The number of Topliss-reactive ketones (excluding diaryl/α,β-unsaturated/α-hetero) is 2. The number of ether oxygens (including phenoxy) is 1. The lowest BCUT2D eigenvalue weighted by molar-refractivity contribution is 0.0985. The van der Waals surface area contributed by atoms with E-state index in [1.807, 2.05) is 44.2 Å². The van der Waals surface area contributed by atoms with Gasteiger partial charge in [-0.3, -0.25) is 9.59 Å². The predicted octanol–water partition coefficient (Wildman–Crippen LogP) is 4.72. The Kier molecular flexibility index (Phi) is 4.35. The summed E-state index contributed by atoms with van der Waals surface area (Å²) >= 11 is 3.20. The van der Waals surface area contributed by atoms with E-state index >= 15 is 0 Å². The summed E-state index contributed by atoms with van der Waals surface area (Å²) in [5, 5.41) is 0.310. The number of ketones is 2. The maximum absolute atomic E-state index is 12.0. The van der Waals surface area contributed by atoms with Crippen LogP contribution in [0.1, 0.15) is 45.2 Å². The smallest absolute Gasteiger partial charge is 0.173 e. The molecule has 0 bridgehead atoms. The number of carbonyl (C=O) groups is 2. The summed E-state index contributed by atoms with van der Waals surface area (Å²) in [5.41, 5.74) is 5.40. The molecule has 1 aliphatic heterocycles. The average molecular weight is 373 g/mol. The fourth-order valence-electron chi connectivity index (χ4n) is 2.89. The number of benzene rings is 2. The fourth-order valence-corrected chi connectivity index (χ4v) is 3.21. The maximum atomic E-state index is 12.0. The van der Waals surface area contributed by atoms with Crippen LogP contribution < -0.4 is 4.74 Å². The van der Waals surface area contributed by atoms with E-state index in [1.54, 1.807) is 0 Å². The molecule has 1 heterocycles. The molecular formula is C19H17BrO3. The van der Waals surface area contributed by atoms with E-state index < -0.39 is 0 Å². The lowest BCUT2D eigenvalue weighted by Gasteiger charge is -2.23. The monoisotopic (exact) mass is 372 g/mol. The Balaban J connectivity index is 2.09. The summed E-state index contributed by atoms with van der Waals surface area (Å²) in [4.78, 5) is 23.8. The highest BCUT2D eigenvalue weighted by molar-refractivity contribution is 9.09. The molecule has 0 fully saturated rings. The van der Waals surface area contributed by atoms with Crippen LogP contribution in [0.15, 0.2) is 30.3 Å². The van der Waals surface area contributed by atoms with Crippen molar-refractivity contribution in [2.24, 2.45) is 0 Å². The standard InChI is InChI=1S/C19H17BrO3/c1-3-17(21)15-8-19-16(6-11(15)2)14-5-4-12(18(22)9-20)7-13(14)10-23-19/h4-8H,3,9-10H2,1-2H3. The predicted molar refractivity (Wildman–Crippen MR) is 93.7 cm³/mol. The molecule has 0 aliphatic carbocycles. The van der Waals surface area contributed by atoms with E-state index in [0.717, 1.165) is 33.6 Å². The van der Waals surface area contributed by atoms with E-state index in [2.05, 4.69) is 15.9 Å². The van der Waals surface area contributed by atoms with Crippen LogP contribution in [0.3, 0.4) is 0 Å². The lowest BCUT2D eigenvalue weighted by Crippen LogP contribution is -2.10. The number of hydrogen-bond donors (Lipinski definition) is 0. The molecular weight excluding hydrogens is 356 g/mol. The first-order chi connectivity index (χ1) is 11.0. The third kappa shape index (κ3) is 2.83. The maximum Gasteiger partial charge on any atom is 0.173 e. The molecule has 0 N–H and O–H groups in total. The van der Waals surface area contributed by atoms with Crippen molar-refractivity contribution in [2.75, 3.05) is 5.33 Å². The average Bonchev–Trinajstić information content (AvgIpc) is 2.59. The van der Waals surface area contributed by atoms with Crippen LogP contribution in [0, 0.1) is 6.92 Å². The molecule has 1 aliphatic rings. The van der Waals surface area contributed by atoms with Gasteiger partial charge >= 0.3 is 0 Å².